The van der Waals surface area contributed by atoms with E-state index in [1.165, 1.54) is 0 Å². The average Bonchev–Trinajstić information content (AvgIpc) is 2.68. The van der Waals surface area contributed by atoms with Gasteiger partial charge in [0.15, 0.2) is 0 Å². The van der Waals surface area contributed by atoms with Crippen molar-refractivity contribution in [2.75, 3.05) is 0 Å². The number of amides is 1. The molecule has 3 rings (SSSR count). The Kier molecular flexibility index (Phi) is 6.84. The summed E-state index contributed by atoms with van der Waals surface area (Å²) in [5.74, 6) is 0.486. The zero-order valence-electron chi connectivity index (χ0n) is 14.2. The normalized spacial score (nSPS) is 10.7. The predicted octanol–water partition coefficient (Wildman–Crippen LogP) is 5.29. The van der Waals surface area contributed by atoms with E-state index in [0.29, 0.717) is 17.2 Å². The Hall–Kier alpha value is -2.38. The summed E-state index contributed by atoms with van der Waals surface area (Å²) in [6, 6.07) is 22.3. The highest BCUT2D eigenvalue weighted by Gasteiger charge is 2.04. The summed E-state index contributed by atoms with van der Waals surface area (Å²) in [4.78, 5) is 12.0. The Labute approximate surface area is 176 Å². The highest BCUT2D eigenvalue weighted by molar-refractivity contribution is 14.1. The van der Waals surface area contributed by atoms with Crippen LogP contribution in [0.1, 0.15) is 21.5 Å². The minimum absolute atomic E-state index is 0.246. The molecule has 0 aliphatic rings. The van der Waals surface area contributed by atoms with E-state index in [2.05, 4.69) is 33.1 Å². The van der Waals surface area contributed by atoms with E-state index in [4.69, 9.17) is 16.3 Å². The number of nitrogens with zero attached hydrogens (tertiary/aromatic N) is 1. The molecule has 3 aromatic rings. The smallest absolute Gasteiger partial charge is 0.271 e. The fourth-order valence-electron chi connectivity index (χ4n) is 2.29. The third-order valence-electron chi connectivity index (χ3n) is 3.70. The molecule has 6 heteroatoms. The lowest BCUT2D eigenvalue weighted by atomic mass is 10.2. The van der Waals surface area contributed by atoms with E-state index in [9.17, 15) is 4.79 Å². The molecule has 3 aromatic carbocycles. The minimum Gasteiger partial charge on any atom is -0.489 e. The molecule has 0 aromatic heterocycles. The van der Waals surface area contributed by atoms with Gasteiger partial charge in [0.05, 0.1) is 6.21 Å². The molecule has 4 nitrogen and oxygen atoms in total. The van der Waals surface area contributed by atoms with E-state index in [1.807, 2.05) is 60.7 Å². The first-order valence-corrected chi connectivity index (χ1v) is 9.63. The number of hydrogen-bond donors (Lipinski definition) is 1. The second kappa shape index (κ2) is 9.53. The number of ether oxygens (including phenoxy) is 1. The monoisotopic (exact) mass is 490 g/mol. The molecule has 0 radical (unpaired) electrons. The van der Waals surface area contributed by atoms with Gasteiger partial charge in [-0.05, 0) is 76.7 Å². The maximum atomic E-state index is 12.0. The maximum absolute atomic E-state index is 12.0. The van der Waals surface area contributed by atoms with Crippen LogP contribution < -0.4 is 10.2 Å². The molecule has 0 fully saturated rings. The van der Waals surface area contributed by atoms with Gasteiger partial charge in [-0.25, -0.2) is 5.43 Å². The summed E-state index contributed by atoms with van der Waals surface area (Å²) >= 11 is 8.28. The number of hydrazone groups is 1. The Morgan fingerprint density at radius 2 is 1.85 bits per heavy atom. The summed E-state index contributed by atoms with van der Waals surface area (Å²) in [5, 5.41) is 4.68. The highest BCUT2D eigenvalue weighted by Crippen LogP contribution is 2.18. The van der Waals surface area contributed by atoms with Crippen LogP contribution in [-0.4, -0.2) is 12.1 Å². The van der Waals surface area contributed by atoms with Crippen LogP contribution in [0.5, 0.6) is 5.75 Å². The topological polar surface area (TPSA) is 50.7 Å². The van der Waals surface area contributed by atoms with Gasteiger partial charge in [-0.3, -0.25) is 4.79 Å². The number of carbonyl (C=O) groups is 1. The van der Waals surface area contributed by atoms with Crippen molar-refractivity contribution >= 4 is 46.3 Å². The van der Waals surface area contributed by atoms with Crippen LogP contribution in [0.25, 0.3) is 0 Å². The van der Waals surface area contributed by atoms with Gasteiger partial charge in [-0.15, -0.1) is 0 Å². The minimum atomic E-state index is -0.246. The van der Waals surface area contributed by atoms with E-state index in [1.54, 1.807) is 18.3 Å². The fourth-order valence-corrected chi connectivity index (χ4v) is 3.02. The lowest BCUT2D eigenvalue weighted by Crippen LogP contribution is -2.17. The average molecular weight is 491 g/mol. The van der Waals surface area contributed by atoms with Gasteiger partial charge in [-0.1, -0.05) is 35.9 Å². The molecule has 0 saturated heterocycles. The van der Waals surface area contributed by atoms with Crippen LogP contribution in [0.3, 0.4) is 0 Å². The molecule has 0 aliphatic carbocycles. The number of nitrogens with one attached hydrogen (secondary N) is 1. The summed E-state index contributed by atoms with van der Waals surface area (Å²) in [6.07, 6.45) is 1.59. The Morgan fingerprint density at radius 1 is 1.07 bits per heavy atom. The largest absolute Gasteiger partial charge is 0.489 e. The van der Waals surface area contributed by atoms with Gasteiger partial charge < -0.3 is 4.74 Å². The van der Waals surface area contributed by atoms with Crippen LogP contribution in [0, 0.1) is 3.57 Å². The third-order valence-corrected chi connectivity index (χ3v) is 4.74. The fraction of sp³-hybridized carbons (Fsp3) is 0.0476. The first-order chi connectivity index (χ1) is 13.1. The molecular formula is C21H16ClIN2O2. The molecule has 136 valence electrons. The van der Waals surface area contributed by atoms with Gasteiger partial charge in [0.1, 0.15) is 12.4 Å². The van der Waals surface area contributed by atoms with Crippen LogP contribution in [0.15, 0.2) is 77.9 Å². The van der Waals surface area contributed by atoms with Gasteiger partial charge in [0.2, 0.25) is 0 Å². The summed E-state index contributed by atoms with van der Waals surface area (Å²) in [5.41, 5.74) is 4.88. The Morgan fingerprint density at radius 3 is 2.59 bits per heavy atom. The molecule has 0 heterocycles. The van der Waals surface area contributed by atoms with Crippen LogP contribution >= 0.6 is 34.2 Å². The first-order valence-electron chi connectivity index (χ1n) is 8.17. The van der Waals surface area contributed by atoms with Gasteiger partial charge in [0, 0.05) is 19.7 Å². The summed E-state index contributed by atoms with van der Waals surface area (Å²) in [7, 11) is 0. The van der Waals surface area contributed by atoms with E-state index in [-0.39, 0.29) is 5.91 Å². The van der Waals surface area contributed by atoms with Crippen molar-refractivity contribution in [1.29, 1.82) is 0 Å². The molecular weight excluding hydrogens is 475 g/mol. The number of benzene rings is 3. The summed E-state index contributed by atoms with van der Waals surface area (Å²) < 4.78 is 6.74. The molecule has 27 heavy (non-hydrogen) atoms. The number of hydrogen-bond acceptors (Lipinski definition) is 3. The number of halogens is 2. The van der Waals surface area contributed by atoms with Crippen molar-refractivity contribution in [3.05, 3.63) is 98.1 Å². The van der Waals surface area contributed by atoms with Crippen molar-refractivity contribution in [3.8, 4) is 5.75 Å². The molecule has 1 amide bonds. The lowest BCUT2D eigenvalue weighted by molar-refractivity contribution is 0.0955. The van der Waals surface area contributed by atoms with Crippen LogP contribution in [-0.2, 0) is 6.61 Å². The van der Waals surface area contributed by atoms with E-state index < -0.39 is 0 Å². The maximum Gasteiger partial charge on any atom is 0.271 e. The first kappa shape index (κ1) is 19.4. The Balaban J connectivity index is 1.53. The standard InChI is InChI=1S/C21H16ClIN2O2/c22-20-7-2-1-4-17(20)14-27-19-10-8-15(9-11-19)13-24-25-21(26)16-5-3-6-18(23)12-16/h1-13H,14H2,(H,25,26)/b24-13-. The lowest BCUT2D eigenvalue weighted by Gasteiger charge is -2.07. The zero-order valence-corrected chi connectivity index (χ0v) is 17.1. The third kappa shape index (κ3) is 5.80. The van der Waals surface area contributed by atoms with Gasteiger partial charge in [-0.2, -0.15) is 5.10 Å². The molecule has 0 atom stereocenters. The van der Waals surface area contributed by atoms with Crippen molar-refractivity contribution in [3.63, 3.8) is 0 Å². The second-order valence-corrected chi connectivity index (χ2v) is 7.31. The summed E-state index contributed by atoms with van der Waals surface area (Å²) in [6.45, 7) is 0.402. The van der Waals surface area contributed by atoms with Gasteiger partial charge in [0.25, 0.3) is 5.91 Å². The quantitative estimate of drug-likeness (QED) is 0.290. The molecule has 1 N–H and O–H groups in total. The second-order valence-electron chi connectivity index (χ2n) is 5.66. The van der Waals surface area contributed by atoms with Crippen molar-refractivity contribution in [1.82, 2.24) is 5.43 Å². The molecule has 0 aliphatic heterocycles. The van der Waals surface area contributed by atoms with Crippen molar-refractivity contribution in [2.24, 2.45) is 5.10 Å². The van der Waals surface area contributed by atoms with Gasteiger partial charge >= 0.3 is 0 Å². The zero-order chi connectivity index (χ0) is 19.1. The van der Waals surface area contributed by atoms with Crippen LogP contribution in [0.2, 0.25) is 5.02 Å². The highest BCUT2D eigenvalue weighted by atomic mass is 127. The SMILES string of the molecule is O=C(N/N=C\c1ccc(OCc2ccccc2Cl)cc1)c1cccc(I)c1. The number of rotatable bonds is 6. The molecule has 0 bridgehead atoms. The van der Waals surface area contributed by atoms with Crippen molar-refractivity contribution < 1.29 is 9.53 Å². The molecule has 0 saturated carbocycles. The number of carbonyl (C=O) groups excluding carboxylic acids is 1. The predicted molar refractivity (Wildman–Crippen MR) is 116 cm³/mol. The van der Waals surface area contributed by atoms with E-state index in [0.717, 1.165) is 20.4 Å². The van der Waals surface area contributed by atoms with E-state index >= 15 is 0 Å². The van der Waals surface area contributed by atoms with Crippen molar-refractivity contribution in [2.45, 2.75) is 6.61 Å². The molecule has 0 spiro atoms. The van der Waals surface area contributed by atoms with Crippen LogP contribution in [0.4, 0.5) is 0 Å². The molecule has 0 unspecified atom stereocenters. The Bertz CT molecular complexity index is 958.